The summed E-state index contributed by atoms with van der Waals surface area (Å²) >= 11 is 0. The Morgan fingerprint density at radius 1 is 1.19 bits per heavy atom. The van der Waals surface area contributed by atoms with Gasteiger partial charge in [0.2, 0.25) is 5.91 Å². The van der Waals surface area contributed by atoms with Crippen molar-refractivity contribution in [1.29, 1.82) is 0 Å². The van der Waals surface area contributed by atoms with Crippen LogP contribution in [0.5, 0.6) is 0 Å². The molecule has 1 aromatic heterocycles. The number of hydrogen-bond donors (Lipinski definition) is 1. The molecule has 26 heavy (non-hydrogen) atoms. The molecule has 2 aliphatic heterocycles. The van der Waals surface area contributed by atoms with E-state index in [0.29, 0.717) is 25.3 Å². The third-order valence-electron chi connectivity index (χ3n) is 5.79. The van der Waals surface area contributed by atoms with Crippen molar-refractivity contribution in [3.8, 4) is 0 Å². The molecule has 2 fully saturated rings. The summed E-state index contributed by atoms with van der Waals surface area (Å²) in [6, 6.07) is 5.81. The number of carbonyl (C=O) groups is 1. The first-order chi connectivity index (χ1) is 12.7. The van der Waals surface area contributed by atoms with Gasteiger partial charge < -0.3 is 19.8 Å². The van der Waals surface area contributed by atoms with Gasteiger partial charge in [-0.2, -0.15) is 0 Å². The molecule has 6 nitrogen and oxygen atoms in total. The fraction of sp³-hybridized carbons (Fsp3) is 0.700. The first kappa shape index (κ1) is 19.3. The van der Waals surface area contributed by atoms with E-state index in [2.05, 4.69) is 21.8 Å². The average Bonchev–Trinajstić information content (AvgIpc) is 2.96. The van der Waals surface area contributed by atoms with Crippen LogP contribution in [0.25, 0.3) is 0 Å². The molecule has 144 valence electrons. The molecular formula is C20H32N4O2. The number of pyridine rings is 1. The number of rotatable bonds is 6. The van der Waals surface area contributed by atoms with E-state index in [4.69, 9.17) is 0 Å². The van der Waals surface area contributed by atoms with Crippen molar-refractivity contribution >= 4 is 5.91 Å². The van der Waals surface area contributed by atoms with Gasteiger partial charge in [-0.1, -0.05) is 6.07 Å². The van der Waals surface area contributed by atoms with E-state index in [1.807, 2.05) is 23.1 Å². The highest BCUT2D eigenvalue weighted by Crippen LogP contribution is 2.25. The molecule has 0 unspecified atom stereocenters. The van der Waals surface area contributed by atoms with Crippen molar-refractivity contribution in [2.24, 2.45) is 11.8 Å². The van der Waals surface area contributed by atoms with E-state index in [0.717, 1.165) is 45.0 Å². The Balaban J connectivity index is 1.50. The Kier molecular flexibility index (Phi) is 7.00. The maximum absolute atomic E-state index is 12.6. The molecule has 0 spiro atoms. The van der Waals surface area contributed by atoms with Gasteiger partial charge in [-0.05, 0) is 51.0 Å². The van der Waals surface area contributed by atoms with Crippen LogP contribution < -0.4 is 0 Å². The maximum Gasteiger partial charge on any atom is 0.222 e. The van der Waals surface area contributed by atoms with Crippen LogP contribution in [0, 0.1) is 11.8 Å². The Morgan fingerprint density at radius 2 is 2.04 bits per heavy atom. The normalized spacial score (nSPS) is 25.4. The molecule has 0 aromatic carbocycles. The van der Waals surface area contributed by atoms with Gasteiger partial charge in [0, 0.05) is 63.6 Å². The average molecular weight is 361 g/mol. The predicted octanol–water partition coefficient (Wildman–Crippen LogP) is 0.719. The SMILES string of the molecule is CN1CCCN(C[C@@H]2CN(C(=O)CCc3ccccn3)C[C@@H]2CO)CC1. The summed E-state index contributed by atoms with van der Waals surface area (Å²) in [7, 11) is 2.18. The molecule has 2 atom stereocenters. The number of nitrogens with zero attached hydrogens (tertiary/aromatic N) is 4. The minimum atomic E-state index is 0.169. The lowest BCUT2D eigenvalue weighted by molar-refractivity contribution is -0.130. The molecule has 3 rings (SSSR count). The van der Waals surface area contributed by atoms with Gasteiger partial charge in [0.1, 0.15) is 0 Å². The van der Waals surface area contributed by atoms with Crippen molar-refractivity contribution < 1.29 is 9.90 Å². The zero-order valence-corrected chi connectivity index (χ0v) is 15.9. The van der Waals surface area contributed by atoms with Crippen LogP contribution in [-0.2, 0) is 11.2 Å². The number of likely N-dealkylation sites (N-methyl/N-ethyl adjacent to an activating group) is 1. The molecule has 0 radical (unpaired) electrons. The number of aliphatic hydroxyl groups excluding tert-OH is 1. The van der Waals surface area contributed by atoms with E-state index >= 15 is 0 Å². The largest absolute Gasteiger partial charge is 0.396 e. The summed E-state index contributed by atoms with van der Waals surface area (Å²) < 4.78 is 0. The molecule has 0 bridgehead atoms. The number of aliphatic hydroxyl groups is 1. The Bertz CT molecular complexity index is 568. The van der Waals surface area contributed by atoms with E-state index in [9.17, 15) is 9.90 Å². The van der Waals surface area contributed by atoms with E-state index in [1.54, 1.807) is 6.20 Å². The van der Waals surface area contributed by atoms with Gasteiger partial charge in [0.05, 0.1) is 0 Å². The van der Waals surface area contributed by atoms with Crippen LogP contribution in [0.1, 0.15) is 18.5 Å². The number of amides is 1. The first-order valence-corrected chi connectivity index (χ1v) is 9.85. The molecule has 1 amide bonds. The fourth-order valence-electron chi connectivity index (χ4n) is 4.11. The molecule has 6 heteroatoms. The fourth-order valence-corrected chi connectivity index (χ4v) is 4.11. The second-order valence-electron chi connectivity index (χ2n) is 7.78. The van der Waals surface area contributed by atoms with Crippen molar-refractivity contribution in [3.63, 3.8) is 0 Å². The number of aryl methyl sites for hydroxylation is 1. The number of likely N-dealkylation sites (tertiary alicyclic amines) is 1. The third kappa shape index (κ3) is 5.25. The second kappa shape index (κ2) is 9.44. The topological polar surface area (TPSA) is 59.9 Å². The molecule has 1 N–H and O–H groups in total. The van der Waals surface area contributed by atoms with Gasteiger partial charge in [-0.3, -0.25) is 9.78 Å². The zero-order valence-electron chi connectivity index (χ0n) is 15.9. The van der Waals surface area contributed by atoms with Crippen molar-refractivity contribution in [2.75, 3.05) is 59.5 Å². The number of hydrogen-bond acceptors (Lipinski definition) is 5. The summed E-state index contributed by atoms with van der Waals surface area (Å²) in [5.74, 6) is 0.768. The summed E-state index contributed by atoms with van der Waals surface area (Å²) in [4.78, 5) is 23.8. The molecular weight excluding hydrogens is 328 g/mol. The Labute approximate surface area is 156 Å². The van der Waals surface area contributed by atoms with Gasteiger partial charge in [0.15, 0.2) is 0 Å². The van der Waals surface area contributed by atoms with Gasteiger partial charge in [-0.15, -0.1) is 0 Å². The van der Waals surface area contributed by atoms with Crippen LogP contribution in [0.15, 0.2) is 24.4 Å². The van der Waals surface area contributed by atoms with Gasteiger partial charge in [0.25, 0.3) is 0 Å². The molecule has 2 aliphatic rings. The zero-order chi connectivity index (χ0) is 18.4. The van der Waals surface area contributed by atoms with Crippen LogP contribution in [-0.4, -0.2) is 90.2 Å². The molecule has 0 saturated carbocycles. The molecule has 2 saturated heterocycles. The van der Waals surface area contributed by atoms with Crippen molar-refractivity contribution in [3.05, 3.63) is 30.1 Å². The summed E-state index contributed by atoms with van der Waals surface area (Å²) in [6.45, 7) is 7.08. The van der Waals surface area contributed by atoms with Crippen LogP contribution >= 0.6 is 0 Å². The first-order valence-electron chi connectivity index (χ1n) is 9.85. The highest BCUT2D eigenvalue weighted by Gasteiger charge is 2.35. The second-order valence-corrected chi connectivity index (χ2v) is 7.78. The van der Waals surface area contributed by atoms with E-state index in [1.165, 1.54) is 6.42 Å². The molecule has 0 aliphatic carbocycles. The lowest BCUT2D eigenvalue weighted by Gasteiger charge is -2.26. The summed E-state index contributed by atoms with van der Waals surface area (Å²) in [5.41, 5.74) is 0.962. The van der Waals surface area contributed by atoms with Crippen LogP contribution in [0.2, 0.25) is 0 Å². The maximum atomic E-state index is 12.6. The monoisotopic (exact) mass is 360 g/mol. The van der Waals surface area contributed by atoms with E-state index in [-0.39, 0.29) is 18.4 Å². The van der Waals surface area contributed by atoms with E-state index < -0.39 is 0 Å². The van der Waals surface area contributed by atoms with Gasteiger partial charge in [-0.25, -0.2) is 0 Å². The molecule has 3 heterocycles. The standard InChI is InChI=1S/C20H32N4O2/c1-22-9-4-10-23(12-11-22)13-17-14-24(15-18(17)16-25)20(26)7-6-19-5-2-3-8-21-19/h2-3,5,8,17-18,25H,4,6-7,9-16H2,1H3/t17-,18-/m1/s1. The summed E-state index contributed by atoms with van der Waals surface area (Å²) in [6.07, 6.45) is 4.14. The summed E-state index contributed by atoms with van der Waals surface area (Å²) in [5, 5.41) is 9.80. The highest BCUT2D eigenvalue weighted by molar-refractivity contribution is 5.76. The number of aromatic nitrogens is 1. The smallest absolute Gasteiger partial charge is 0.222 e. The number of carbonyl (C=O) groups excluding carboxylic acids is 1. The predicted molar refractivity (Wildman–Crippen MR) is 102 cm³/mol. The quantitative estimate of drug-likeness (QED) is 0.810. The highest BCUT2D eigenvalue weighted by atomic mass is 16.3. The minimum Gasteiger partial charge on any atom is -0.396 e. The Morgan fingerprint density at radius 3 is 2.81 bits per heavy atom. The lowest BCUT2D eigenvalue weighted by Crippen LogP contribution is -2.36. The van der Waals surface area contributed by atoms with Crippen LogP contribution in [0.3, 0.4) is 0 Å². The lowest BCUT2D eigenvalue weighted by atomic mass is 9.96. The minimum absolute atomic E-state index is 0.169. The molecule has 1 aromatic rings. The van der Waals surface area contributed by atoms with Gasteiger partial charge >= 0.3 is 0 Å². The Hall–Kier alpha value is -1.50. The van der Waals surface area contributed by atoms with Crippen LogP contribution in [0.4, 0.5) is 0 Å². The van der Waals surface area contributed by atoms with Crippen molar-refractivity contribution in [2.45, 2.75) is 19.3 Å². The van der Waals surface area contributed by atoms with Crippen molar-refractivity contribution in [1.82, 2.24) is 19.7 Å². The third-order valence-corrected chi connectivity index (χ3v) is 5.79.